The molecule has 2 aromatic rings. The van der Waals surface area contributed by atoms with Gasteiger partial charge in [0, 0.05) is 32.4 Å². The summed E-state index contributed by atoms with van der Waals surface area (Å²) in [6.07, 6.45) is 1.79. The van der Waals surface area contributed by atoms with Crippen LogP contribution in [0.5, 0.6) is 0 Å². The number of rotatable bonds is 5. The van der Waals surface area contributed by atoms with Crippen molar-refractivity contribution < 1.29 is 0 Å². The zero-order chi connectivity index (χ0) is 14.5. The zero-order valence-corrected chi connectivity index (χ0v) is 12.2. The Morgan fingerprint density at radius 2 is 2.15 bits per heavy atom. The summed E-state index contributed by atoms with van der Waals surface area (Å²) in [6.45, 7) is 3.60. The highest BCUT2D eigenvalue weighted by Gasteiger charge is 2.03. The molecule has 3 N–H and O–H groups in total. The second kappa shape index (κ2) is 6.38. The van der Waals surface area contributed by atoms with E-state index in [0.717, 1.165) is 17.9 Å². The van der Waals surface area contributed by atoms with Crippen molar-refractivity contribution in [2.75, 3.05) is 29.5 Å². The Morgan fingerprint density at radius 1 is 1.35 bits per heavy atom. The van der Waals surface area contributed by atoms with Crippen LogP contribution in [0.15, 0.2) is 24.4 Å². The van der Waals surface area contributed by atoms with Crippen LogP contribution in [0.4, 0.5) is 17.6 Å². The van der Waals surface area contributed by atoms with Crippen molar-refractivity contribution in [1.82, 2.24) is 15.0 Å². The summed E-state index contributed by atoms with van der Waals surface area (Å²) < 4.78 is 0. The van der Waals surface area contributed by atoms with E-state index in [1.165, 1.54) is 0 Å². The molecule has 0 amide bonds. The molecule has 0 aliphatic carbocycles. The van der Waals surface area contributed by atoms with Gasteiger partial charge in [-0.3, -0.25) is 0 Å². The van der Waals surface area contributed by atoms with Crippen molar-refractivity contribution >= 4 is 29.2 Å². The van der Waals surface area contributed by atoms with Crippen molar-refractivity contribution in [3.8, 4) is 0 Å². The summed E-state index contributed by atoms with van der Waals surface area (Å²) in [5, 5.41) is 3.49. The van der Waals surface area contributed by atoms with Crippen molar-refractivity contribution in [2.24, 2.45) is 0 Å². The third-order valence-corrected chi connectivity index (χ3v) is 3.05. The monoisotopic (exact) mass is 292 g/mol. The number of hydrogen-bond donors (Lipinski definition) is 2. The average molecular weight is 293 g/mol. The maximum Gasteiger partial charge on any atom is 0.223 e. The highest BCUT2D eigenvalue weighted by molar-refractivity contribution is 6.29. The van der Waals surface area contributed by atoms with Gasteiger partial charge in [-0.05, 0) is 24.6 Å². The molecule has 2 rings (SSSR count). The SMILES string of the molecule is CCN(C)c1cc(CNc2cc(Cl)nc(N)n2)ccn1. The highest BCUT2D eigenvalue weighted by atomic mass is 35.5. The summed E-state index contributed by atoms with van der Waals surface area (Å²) in [7, 11) is 2.00. The van der Waals surface area contributed by atoms with E-state index in [-0.39, 0.29) is 5.95 Å². The smallest absolute Gasteiger partial charge is 0.223 e. The Kier molecular flexibility index (Phi) is 4.57. The number of nitrogens with one attached hydrogen (secondary N) is 1. The fourth-order valence-corrected chi connectivity index (χ4v) is 1.85. The van der Waals surface area contributed by atoms with Crippen LogP contribution >= 0.6 is 11.6 Å². The van der Waals surface area contributed by atoms with Crippen molar-refractivity contribution in [3.05, 3.63) is 35.1 Å². The fourth-order valence-electron chi connectivity index (χ4n) is 1.66. The molecular formula is C13H17ClN6. The average Bonchev–Trinajstić information content (AvgIpc) is 2.43. The van der Waals surface area contributed by atoms with Crippen LogP contribution in [0.2, 0.25) is 5.15 Å². The van der Waals surface area contributed by atoms with Crippen LogP contribution in [0, 0.1) is 0 Å². The Balaban J connectivity index is 2.07. The van der Waals surface area contributed by atoms with Crippen molar-refractivity contribution in [3.63, 3.8) is 0 Å². The number of nitrogens with zero attached hydrogens (tertiary/aromatic N) is 4. The lowest BCUT2D eigenvalue weighted by molar-refractivity contribution is 0.932. The Labute approximate surface area is 123 Å². The maximum absolute atomic E-state index is 5.83. The third-order valence-electron chi connectivity index (χ3n) is 2.86. The molecule has 0 saturated carbocycles. The van der Waals surface area contributed by atoms with Gasteiger partial charge in [0.2, 0.25) is 5.95 Å². The van der Waals surface area contributed by atoms with Gasteiger partial charge in [0.1, 0.15) is 16.8 Å². The minimum atomic E-state index is 0.154. The number of halogens is 1. The van der Waals surface area contributed by atoms with Gasteiger partial charge < -0.3 is 16.0 Å². The summed E-state index contributed by atoms with van der Waals surface area (Å²) >= 11 is 5.83. The van der Waals surface area contributed by atoms with E-state index in [4.69, 9.17) is 17.3 Å². The molecule has 0 bridgehead atoms. The van der Waals surface area contributed by atoms with Gasteiger partial charge in [-0.15, -0.1) is 0 Å². The molecule has 0 atom stereocenters. The number of aromatic nitrogens is 3. The first kappa shape index (κ1) is 14.3. The Hall–Kier alpha value is -2.08. The van der Waals surface area contributed by atoms with Gasteiger partial charge in [0.15, 0.2) is 0 Å². The summed E-state index contributed by atoms with van der Waals surface area (Å²) in [4.78, 5) is 14.3. The van der Waals surface area contributed by atoms with Gasteiger partial charge >= 0.3 is 0 Å². The highest BCUT2D eigenvalue weighted by Crippen LogP contribution is 2.15. The Bertz CT molecular complexity index is 569. The first-order valence-electron chi connectivity index (χ1n) is 6.28. The maximum atomic E-state index is 5.83. The Morgan fingerprint density at radius 3 is 2.85 bits per heavy atom. The molecule has 2 aromatic heterocycles. The van der Waals surface area contributed by atoms with Gasteiger partial charge in [-0.2, -0.15) is 4.98 Å². The van der Waals surface area contributed by atoms with E-state index in [1.54, 1.807) is 12.3 Å². The van der Waals surface area contributed by atoms with Crippen molar-refractivity contribution in [2.45, 2.75) is 13.5 Å². The van der Waals surface area contributed by atoms with Crippen LogP contribution in [0.1, 0.15) is 12.5 Å². The van der Waals surface area contributed by atoms with Gasteiger partial charge in [0.05, 0.1) is 0 Å². The second-order valence-electron chi connectivity index (χ2n) is 4.32. The summed E-state index contributed by atoms with van der Waals surface area (Å²) in [5.41, 5.74) is 6.65. The molecule has 0 aliphatic rings. The lowest BCUT2D eigenvalue weighted by atomic mass is 10.2. The molecule has 0 saturated heterocycles. The van der Waals surface area contributed by atoms with Gasteiger partial charge in [-0.25, -0.2) is 9.97 Å². The quantitative estimate of drug-likeness (QED) is 0.822. The predicted octanol–water partition coefficient (Wildman–Crippen LogP) is 2.18. The molecule has 0 unspecified atom stereocenters. The van der Waals surface area contributed by atoms with E-state index in [1.807, 2.05) is 19.2 Å². The largest absolute Gasteiger partial charge is 0.368 e. The number of hydrogen-bond acceptors (Lipinski definition) is 6. The predicted molar refractivity (Wildman–Crippen MR) is 82.0 cm³/mol. The van der Waals surface area contributed by atoms with Crippen LogP contribution in [-0.4, -0.2) is 28.5 Å². The van der Waals surface area contributed by atoms with E-state index < -0.39 is 0 Å². The number of pyridine rings is 1. The standard InChI is InChI=1S/C13H17ClN6/c1-3-20(2)12-6-9(4-5-16-12)8-17-11-7-10(14)18-13(15)19-11/h4-7H,3,8H2,1-2H3,(H3,15,17,18,19). The molecule has 0 fully saturated rings. The first-order valence-corrected chi connectivity index (χ1v) is 6.66. The molecule has 0 aliphatic heterocycles. The lowest BCUT2D eigenvalue weighted by Gasteiger charge is -2.16. The minimum absolute atomic E-state index is 0.154. The second-order valence-corrected chi connectivity index (χ2v) is 4.71. The summed E-state index contributed by atoms with van der Waals surface area (Å²) in [6, 6.07) is 5.62. The van der Waals surface area contributed by atoms with Crippen LogP contribution < -0.4 is 16.0 Å². The van der Waals surface area contributed by atoms with E-state index in [9.17, 15) is 0 Å². The summed E-state index contributed by atoms with van der Waals surface area (Å²) in [5.74, 6) is 1.69. The molecule has 7 heteroatoms. The molecule has 20 heavy (non-hydrogen) atoms. The molecule has 0 aromatic carbocycles. The van der Waals surface area contributed by atoms with Crippen molar-refractivity contribution in [1.29, 1.82) is 0 Å². The fraction of sp³-hybridized carbons (Fsp3) is 0.308. The van der Waals surface area contributed by atoms with Gasteiger partial charge in [-0.1, -0.05) is 11.6 Å². The normalized spacial score (nSPS) is 10.3. The number of anilines is 3. The van der Waals surface area contributed by atoms with E-state index in [2.05, 4.69) is 32.1 Å². The van der Waals surface area contributed by atoms with Gasteiger partial charge in [0.25, 0.3) is 0 Å². The molecule has 106 valence electrons. The topological polar surface area (TPSA) is 80.0 Å². The third kappa shape index (κ3) is 3.71. The number of nitrogens with two attached hydrogens (primary N) is 1. The van der Waals surface area contributed by atoms with Crippen LogP contribution in [0.25, 0.3) is 0 Å². The lowest BCUT2D eigenvalue weighted by Crippen LogP contribution is -2.17. The van der Waals surface area contributed by atoms with Crippen LogP contribution in [0.3, 0.4) is 0 Å². The van der Waals surface area contributed by atoms with E-state index >= 15 is 0 Å². The molecular weight excluding hydrogens is 276 g/mol. The number of nitrogen functional groups attached to an aromatic ring is 1. The van der Waals surface area contributed by atoms with E-state index in [0.29, 0.717) is 17.5 Å². The molecule has 2 heterocycles. The molecule has 0 radical (unpaired) electrons. The molecule has 0 spiro atoms. The zero-order valence-electron chi connectivity index (χ0n) is 11.5. The molecule has 6 nitrogen and oxygen atoms in total. The first-order chi connectivity index (χ1) is 9.58. The van der Waals surface area contributed by atoms with Crippen LogP contribution in [-0.2, 0) is 6.54 Å². The minimum Gasteiger partial charge on any atom is -0.368 e.